The summed E-state index contributed by atoms with van der Waals surface area (Å²) >= 11 is 0. The molecule has 3 heteroatoms. The molecule has 84 valence electrons. The van der Waals surface area contributed by atoms with Crippen LogP contribution < -0.4 is 9.47 Å². The molecule has 0 aliphatic carbocycles. The van der Waals surface area contributed by atoms with Gasteiger partial charge in [0.15, 0.2) is 0 Å². The number of benzene rings is 1. The van der Waals surface area contributed by atoms with Crippen molar-refractivity contribution in [3.8, 4) is 11.5 Å². The third-order valence-electron chi connectivity index (χ3n) is 2.55. The summed E-state index contributed by atoms with van der Waals surface area (Å²) in [5.41, 5.74) is 2.01. The number of methoxy groups -OCH3 is 2. The van der Waals surface area contributed by atoms with E-state index in [9.17, 15) is 0 Å². The van der Waals surface area contributed by atoms with Crippen LogP contribution >= 0.6 is 0 Å². The number of aliphatic hydroxyl groups excluding tert-OH is 1. The number of aliphatic hydroxyl groups is 1. The van der Waals surface area contributed by atoms with Gasteiger partial charge in [0, 0.05) is 18.1 Å². The third-order valence-corrected chi connectivity index (χ3v) is 2.55. The zero-order valence-electron chi connectivity index (χ0n) is 9.70. The van der Waals surface area contributed by atoms with Crippen LogP contribution in [0, 0.1) is 6.92 Å². The maximum absolute atomic E-state index is 9.14. The Labute approximate surface area is 90.6 Å². The van der Waals surface area contributed by atoms with Crippen LogP contribution in [0.4, 0.5) is 0 Å². The molecule has 0 fully saturated rings. The Morgan fingerprint density at radius 3 is 2.27 bits per heavy atom. The van der Waals surface area contributed by atoms with E-state index in [2.05, 4.69) is 0 Å². The van der Waals surface area contributed by atoms with Gasteiger partial charge in [0.25, 0.3) is 0 Å². The summed E-state index contributed by atoms with van der Waals surface area (Å²) in [4.78, 5) is 0. The Hall–Kier alpha value is -1.22. The zero-order valence-corrected chi connectivity index (χ0v) is 9.70. The van der Waals surface area contributed by atoms with Crippen molar-refractivity contribution in [3.05, 3.63) is 23.3 Å². The molecular weight excluding hydrogens is 192 g/mol. The number of hydrogen-bond donors (Lipinski definition) is 1. The second-order valence-electron chi connectivity index (χ2n) is 3.65. The van der Waals surface area contributed by atoms with Gasteiger partial charge in [-0.05, 0) is 24.6 Å². The molecule has 1 aromatic rings. The van der Waals surface area contributed by atoms with Crippen LogP contribution in [0.2, 0.25) is 0 Å². The average molecular weight is 210 g/mol. The highest BCUT2D eigenvalue weighted by molar-refractivity contribution is 5.47. The predicted octanol–water partition coefficient (Wildman–Crippen LogP) is 2.11. The molecule has 1 atom stereocenters. The van der Waals surface area contributed by atoms with E-state index in [1.54, 1.807) is 14.2 Å². The average Bonchev–Trinajstić information content (AvgIpc) is 2.27. The number of rotatable bonds is 4. The lowest BCUT2D eigenvalue weighted by Crippen LogP contribution is -2.03. The molecule has 0 aliphatic heterocycles. The molecule has 0 saturated heterocycles. The molecule has 0 aromatic heterocycles. The Balaban J connectivity index is 3.22. The van der Waals surface area contributed by atoms with Crippen LogP contribution in [0.15, 0.2) is 12.1 Å². The van der Waals surface area contributed by atoms with Crippen LogP contribution in [0.3, 0.4) is 0 Å². The quantitative estimate of drug-likeness (QED) is 0.827. The second kappa shape index (κ2) is 5.03. The third kappa shape index (κ3) is 2.42. The monoisotopic (exact) mass is 210 g/mol. The fourth-order valence-corrected chi connectivity index (χ4v) is 1.56. The Morgan fingerprint density at radius 2 is 1.80 bits per heavy atom. The summed E-state index contributed by atoms with van der Waals surface area (Å²) in [6, 6.07) is 3.86. The molecule has 1 unspecified atom stereocenters. The van der Waals surface area contributed by atoms with Gasteiger partial charge in [-0.3, -0.25) is 0 Å². The van der Waals surface area contributed by atoms with Crippen molar-refractivity contribution < 1.29 is 14.6 Å². The van der Waals surface area contributed by atoms with Crippen molar-refractivity contribution in [1.29, 1.82) is 0 Å². The van der Waals surface area contributed by atoms with E-state index in [0.717, 1.165) is 22.6 Å². The molecule has 3 nitrogen and oxygen atoms in total. The van der Waals surface area contributed by atoms with E-state index in [-0.39, 0.29) is 12.5 Å². The topological polar surface area (TPSA) is 38.7 Å². The summed E-state index contributed by atoms with van der Waals surface area (Å²) in [7, 11) is 3.27. The van der Waals surface area contributed by atoms with Crippen molar-refractivity contribution in [2.75, 3.05) is 20.8 Å². The van der Waals surface area contributed by atoms with E-state index >= 15 is 0 Å². The molecule has 1 aromatic carbocycles. The first-order valence-electron chi connectivity index (χ1n) is 4.97. The second-order valence-corrected chi connectivity index (χ2v) is 3.65. The molecule has 0 aliphatic rings. The van der Waals surface area contributed by atoms with Crippen LogP contribution in [-0.2, 0) is 0 Å². The number of hydrogen-bond acceptors (Lipinski definition) is 3. The molecule has 1 N–H and O–H groups in total. The lowest BCUT2D eigenvalue weighted by atomic mass is 9.99. The highest BCUT2D eigenvalue weighted by atomic mass is 16.5. The van der Waals surface area contributed by atoms with Crippen LogP contribution in [0.1, 0.15) is 24.0 Å². The smallest absolute Gasteiger partial charge is 0.122 e. The molecule has 0 spiro atoms. The van der Waals surface area contributed by atoms with Gasteiger partial charge in [-0.1, -0.05) is 6.92 Å². The first-order valence-corrected chi connectivity index (χ1v) is 4.97. The van der Waals surface area contributed by atoms with Gasteiger partial charge in [-0.25, -0.2) is 0 Å². The normalized spacial score (nSPS) is 12.3. The molecular formula is C12H18O3. The predicted molar refractivity (Wildman–Crippen MR) is 59.8 cm³/mol. The Kier molecular flexibility index (Phi) is 3.97. The zero-order chi connectivity index (χ0) is 11.4. The van der Waals surface area contributed by atoms with Gasteiger partial charge in [0.1, 0.15) is 11.5 Å². The molecule has 15 heavy (non-hydrogen) atoms. The fraction of sp³-hybridized carbons (Fsp3) is 0.500. The Bertz CT molecular complexity index is 334. The standard InChI is InChI=1S/C12H18O3/c1-8-5-12(15-4)10(9(2)7-13)6-11(8)14-3/h5-6,9,13H,7H2,1-4H3. The molecule has 0 radical (unpaired) electrons. The maximum atomic E-state index is 9.14. The van der Waals surface area contributed by atoms with Crippen molar-refractivity contribution in [2.24, 2.45) is 0 Å². The summed E-state index contributed by atoms with van der Waals surface area (Å²) in [5, 5.41) is 9.14. The van der Waals surface area contributed by atoms with Crippen molar-refractivity contribution >= 4 is 0 Å². The molecule has 1 rings (SSSR count). The van der Waals surface area contributed by atoms with Gasteiger partial charge in [0.2, 0.25) is 0 Å². The highest BCUT2D eigenvalue weighted by Crippen LogP contribution is 2.32. The molecule has 0 bridgehead atoms. The van der Waals surface area contributed by atoms with Gasteiger partial charge in [-0.2, -0.15) is 0 Å². The van der Waals surface area contributed by atoms with Gasteiger partial charge >= 0.3 is 0 Å². The van der Waals surface area contributed by atoms with Crippen molar-refractivity contribution in [1.82, 2.24) is 0 Å². The van der Waals surface area contributed by atoms with E-state index in [1.165, 1.54) is 0 Å². The molecule has 0 heterocycles. The SMILES string of the molecule is COc1cc(C(C)CO)c(OC)cc1C. The first-order chi connectivity index (χ1) is 7.13. The summed E-state index contributed by atoms with van der Waals surface area (Å²) < 4.78 is 10.5. The van der Waals surface area contributed by atoms with Crippen molar-refractivity contribution in [3.63, 3.8) is 0 Å². The minimum Gasteiger partial charge on any atom is -0.496 e. The first kappa shape index (κ1) is 11.9. The minimum atomic E-state index is 0.0504. The van der Waals surface area contributed by atoms with Gasteiger partial charge < -0.3 is 14.6 Å². The summed E-state index contributed by atoms with van der Waals surface area (Å²) in [5.74, 6) is 1.68. The van der Waals surface area contributed by atoms with Crippen LogP contribution in [-0.4, -0.2) is 25.9 Å². The fourth-order valence-electron chi connectivity index (χ4n) is 1.56. The summed E-state index contributed by atoms with van der Waals surface area (Å²) in [6.07, 6.45) is 0. The Morgan fingerprint density at radius 1 is 1.20 bits per heavy atom. The van der Waals surface area contributed by atoms with Gasteiger partial charge in [0.05, 0.1) is 14.2 Å². The van der Waals surface area contributed by atoms with Gasteiger partial charge in [-0.15, -0.1) is 0 Å². The summed E-state index contributed by atoms with van der Waals surface area (Å²) in [6.45, 7) is 4.02. The molecule has 0 amide bonds. The molecule has 0 saturated carbocycles. The van der Waals surface area contributed by atoms with E-state index in [1.807, 2.05) is 26.0 Å². The van der Waals surface area contributed by atoms with Crippen LogP contribution in [0.25, 0.3) is 0 Å². The minimum absolute atomic E-state index is 0.0504. The van der Waals surface area contributed by atoms with Crippen molar-refractivity contribution in [2.45, 2.75) is 19.8 Å². The lowest BCUT2D eigenvalue weighted by molar-refractivity contribution is 0.269. The number of aryl methyl sites for hydroxylation is 1. The van der Waals surface area contributed by atoms with E-state index in [4.69, 9.17) is 14.6 Å². The van der Waals surface area contributed by atoms with E-state index in [0.29, 0.717) is 0 Å². The largest absolute Gasteiger partial charge is 0.496 e. The highest BCUT2D eigenvalue weighted by Gasteiger charge is 2.13. The maximum Gasteiger partial charge on any atom is 0.122 e. The number of ether oxygens (including phenoxy) is 2. The van der Waals surface area contributed by atoms with E-state index < -0.39 is 0 Å². The lowest BCUT2D eigenvalue weighted by Gasteiger charge is -2.16. The van der Waals surface area contributed by atoms with Crippen LogP contribution in [0.5, 0.6) is 11.5 Å².